The molecule has 0 aliphatic heterocycles. The van der Waals surface area contributed by atoms with E-state index in [-0.39, 0.29) is 5.69 Å². The van der Waals surface area contributed by atoms with Gasteiger partial charge in [0, 0.05) is 16.1 Å². The average molecular weight is 302 g/mol. The molecule has 3 aromatic rings. The summed E-state index contributed by atoms with van der Waals surface area (Å²) in [4.78, 5) is 16.0. The van der Waals surface area contributed by atoms with Crippen molar-refractivity contribution in [1.29, 1.82) is 0 Å². The van der Waals surface area contributed by atoms with Gasteiger partial charge in [-0.05, 0) is 18.6 Å². The van der Waals surface area contributed by atoms with Crippen LogP contribution >= 0.6 is 11.6 Å². The zero-order valence-corrected chi connectivity index (χ0v) is 12.0. The Bertz CT molecular complexity index is 842. The average Bonchev–Trinajstić information content (AvgIpc) is 2.89. The van der Waals surface area contributed by atoms with E-state index in [0.29, 0.717) is 21.9 Å². The number of fused-ring (bicyclic) bond motifs is 1. The third-order valence-electron chi connectivity index (χ3n) is 3.29. The van der Waals surface area contributed by atoms with Gasteiger partial charge in [0.25, 0.3) is 0 Å². The topological polar surface area (TPSA) is 67.5 Å². The molecule has 1 aromatic carbocycles. The molecule has 2 aromatic heterocycles. The predicted molar refractivity (Wildman–Crippen MR) is 79.8 cm³/mol. The van der Waals surface area contributed by atoms with Gasteiger partial charge in [0.15, 0.2) is 11.3 Å². The van der Waals surface area contributed by atoms with Crippen molar-refractivity contribution in [1.82, 2.24) is 14.6 Å². The second-order valence-electron chi connectivity index (χ2n) is 4.57. The van der Waals surface area contributed by atoms with Gasteiger partial charge in [-0.15, -0.1) is 0 Å². The van der Waals surface area contributed by atoms with Gasteiger partial charge in [0.05, 0.1) is 11.9 Å². The monoisotopic (exact) mass is 301 g/mol. The van der Waals surface area contributed by atoms with Gasteiger partial charge in [0.2, 0.25) is 0 Å². The summed E-state index contributed by atoms with van der Waals surface area (Å²) in [5, 5.41) is 14.0. The number of aryl methyl sites for hydroxylation is 1. The van der Waals surface area contributed by atoms with E-state index >= 15 is 0 Å². The maximum Gasteiger partial charge on any atom is 0.354 e. The lowest BCUT2D eigenvalue weighted by Crippen LogP contribution is -2.08. The number of hydrogen-bond acceptors (Lipinski definition) is 3. The van der Waals surface area contributed by atoms with Crippen molar-refractivity contribution >= 4 is 23.2 Å². The molecule has 2 heterocycles. The van der Waals surface area contributed by atoms with Crippen molar-refractivity contribution in [3.05, 3.63) is 52.8 Å². The molecule has 0 saturated carbocycles. The minimum absolute atomic E-state index is 0.0645. The summed E-state index contributed by atoms with van der Waals surface area (Å²) < 4.78 is 1.35. The molecule has 0 amide bonds. The lowest BCUT2D eigenvalue weighted by Gasteiger charge is -2.07. The van der Waals surface area contributed by atoms with Crippen LogP contribution in [0.5, 0.6) is 0 Å². The minimum atomic E-state index is -1.05. The van der Waals surface area contributed by atoms with E-state index in [1.807, 2.05) is 25.1 Å². The van der Waals surface area contributed by atoms with Crippen molar-refractivity contribution in [2.75, 3.05) is 0 Å². The highest BCUT2D eigenvalue weighted by molar-refractivity contribution is 6.33. The summed E-state index contributed by atoms with van der Waals surface area (Å²) in [7, 11) is 0. The molecule has 0 unspecified atom stereocenters. The molecule has 0 aliphatic rings. The quantitative estimate of drug-likeness (QED) is 0.806. The first kappa shape index (κ1) is 13.6. The molecule has 5 nitrogen and oxygen atoms in total. The van der Waals surface area contributed by atoms with Crippen LogP contribution in [0.4, 0.5) is 0 Å². The maximum atomic E-state index is 11.5. The van der Waals surface area contributed by atoms with Gasteiger partial charge in [-0.2, -0.15) is 5.10 Å². The standard InChI is InChI=1S/C15H12ClN3O2/c1-2-9-8-17-19-13(15(20)21)7-12(18-14(9)19)10-5-3-4-6-11(10)16/h3-8H,2H2,1H3,(H,20,21). The van der Waals surface area contributed by atoms with Crippen LogP contribution in [0.15, 0.2) is 36.5 Å². The number of aromatic nitrogens is 3. The first-order chi connectivity index (χ1) is 10.1. The summed E-state index contributed by atoms with van der Waals surface area (Å²) in [6.45, 7) is 1.97. The van der Waals surface area contributed by atoms with Gasteiger partial charge in [-0.3, -0.25) is 0 Å². The molecular formula is C15H12ClN3O2. The Morgan fingerprint density at radius 3 is 2.81 bits per heavy atom. The van der Waals surface area contributed by atoms with Crippen molar-refractivity contribution < 1.29 is 9.90 Å². The number of nitrogens with zero attached hydrogens (tertiary/aromatic N) is 3. The van der Waals surface area contributed by atoms with Gasteiger partial charge >= 0.3 is 5.97 Å². The van der Waals surface area contributed by atoms with Crippen molar-refractivity contribution in [3.63, 3.8) is 0 Å². The smallest absolute Gasteiger partial charge is 0.354 e. The molecule has 0 radical (unpaired) electrons. The third-order valence-corrected chi connectivity index (χ3v) is 3.62. The molecule has 106 valence electrons. The summed E-state index contributed by atoms with van der Waals surface area (Å²) >= 11 is 6.18. The molecule has 0 aliphatic carbocycles. The van der Waals surface area contributed by atoms with E-state index in [1.54, 1.807) is 12.3 Å². The van der Waals surface area contributed by atoms with Gasteiger partial charge in [-0.1, -0.05) is 36.7 Å². The molecule has 1 N–H and O–H groups in total. The Kier molecular flexibility index (Phi) is 3.35. The Morgan fingerprint density at radius 1 is 1.38 bits per heavy atom. The zero-order valence-electron chi connectivity index (χ0n) is 11.2. The van der Waals surface area contributed by atoms with Crippen LogP contribution in [0, 0.1) is 0 Å². The lowest BCUT2D eigenvalue weighted by atomic mass is 10.1. The Balaban J connectivity index is 2.34. The molecule has 3 rings (SSSR count). The number of aromatic carboxylic acids is 1. The van der Waals surface area contributed by atoms with E-state index in [9.17, 15) is 9.90 Å². The molecule has 0 fully saturated rings. The number of carbonyl (C=O) groups is 1. The Hall–Kier alpha value is -2.40. The second-order valence-corrected chi connectivity index (χ2v) is 4.98. The normalized spacial score (nSPS) is 11.0. The van der Waals surface area contributed by atoms with E-state index < -0.39 is 5.97 Å². The Labute approximate surface area is 125 Å². The molecule has 21 heavy (non-hydrogen) atoms. The molecule has 6 heteroatoms. The largest absolute Gasteiger partial charge is 0.477 e. The number of halogens is 1. The van der Waals surface area contributed by atoms with Crippen LogP contribution in [0.2, 0.25) is 5.02 Å². The summed E-state index contributed by atoms with van der Waals surface area (Å²) in [5.41, 5.74) is 2.74. The molecule has 0 spiro atoms. The molecule has 0 atom stereocenters. The van der Waals surface area contributed by atoms with Crippen LogP contribution < -0.4 is 0 Å². The highest BCUT2D eigenvalue weighted by Gasteiger charge is 2.17. The maximum absolute atomic E-state index is 11.5. The zero-order chi connectivity index (χ0) is 15.0. The van der Waals surface area contributed by atoms with Gasteiger partial charge < -0.3 is 5.11 Å². The van der Waals surface area contributed by atoms with Crippen molar-refractivity contribution in [2.24, 2.45) is 0 Å². The third kappa shape index (κ3) is 2.25. The summed E-state index contributed by atoms with van der Waals surface area (Å²) in [6.07, 6.45) is 2.37. The first-order valence-electron chi connectivity index (χ1n) is 6.47. The van der Waals surface area contributed by atoms with E-state index in [2.05, 4.69) is 10.1 Å². The number of carboxylic acid groups (broad SMARTS) is 1. The molecule has 0 bridgehead atoms. The van der Waals surface area contributed by atoms with E-state index in [0.717, 1.165) is 12.0 Å². The number of benzene rings is 1. The van der Waals surface area contributed by atoms with Crippen LogP contribution in [0.25, 0.3) is 16.9 Å². The Morgan fingerprint density at radius 2 is 2.14 bits per heavy atom. The lowest BCUT2D eigenvalue weighted by molar-refractivity contribution is 0.0687. The summed E-state index contributed by atoms with van der Waals surface area (Å²) in [6, 6.07) is 8.71. The highest BCUT2D eigenvalue weighted by Crippen LogP contribution is 2.27. The van der Waals surface area contributed by atoms with Crippen LogP contribution in [0.3, 0.4) is 0 Å². The fourth-order valence-electron chi connectivity index (χ4n) is 2.22. The fraction of sp³-hybridized carbons (Fsp3) is 0.133. The minimum Gasteiger partial charge on any atom is -0.477 e. The SMILES string of the molecule is CCc1cnn2c(C(=O)O)cc(-c3ccccc3Cl)nc12. The van der Waals surface area contributed by atoms with Crippen LogP contribution in [0.1, 0.15) is 23.0 Å². The highest BCUT2D eigenvalue weighted by atomic mass is 35.5. The van der Waals surface area contributed by atoms with E-state index in [4.69, 9.17) is 11.6 Å². The van der Waals surface area contributed by atoms with Gasteiger partial charge in [0.1, 0.15) is 0 Å². The fourth-order valence-corrected chi connectivity index (χ4v) is 2.45. The number of rotatable bonds is 3. The molecular weight excluding hydrogens is 290 g/mol. The molecule has 0 saturated heterocycles. The second kappa shape index (κ2) is 5.18. The van der Waals surface area contributed by atoms with Crippen molar-refractivity contribution in [3.8, 4) is 11.3 Å². The predicted octanol–water partition coefficient (Wildman–Crippen LogP) is 3.31. The number of hydrogen-bond donors (Lipinski definition) is 1. The number of carboxylic acids is 1. The summed E-state index contributed by atoms with van der Waals surface area (Å²) in [5.74, 6) is -1.05. The van der Waals surface area contributed by atoms with Gasteiger partial charge in [-0.25, -0.2) is 14.3 Å². The van der Waals surface area contributed by atoms with Crippen LogP contribution in [-0.2, 0) is 6.42 Å². The van der Waals surface area contributed by atoms with Crippen LogP contribution in [-0.4, -0.2) is 25.7 Å². The van der Waals surface area contributed by atoms with Crippen molar-refractivity contribution in [2.45, 2.75) is 13.3 Å². The van der Waals surface area contributed by atoms with E-state index in [1.165, 1.54) is 10.6 Å². The first-order valence-corrected chi connectivity index (χ1v) is 6.85.